The molecule has 0 bridgehead atoms. The van der Waals surface area contributed by atoms with Crippen molar-refractivity contribution in [3.05, 3.63) is 12.4 Å². The van der Waals surface area contributed by atoms with Gasteiger partial charge in [0, 0.05) is 25.5 Å². The summed E-state index contributed by atoms with van der Waals surface area (Å²) in [6, 6.07) is 0. The number of unbranched alkanes of at least 4 members (excludes halogenated alkanes) is 15. The molecule has 0 N–H and O–H groups in total. The first kappa shape index (κ1) is 26.4. The van der Waals surface area contributed by atoms with Crippen LogP contribution in [0.2, 0.25) is 0 Å². The van der Waals surface area contributed by atoms with Gasteiger partial charge in [0.15, 0.2) is 0 Å². The van der Waals surface area contributed by atoms with Crippen molar-refractivity contribution >= 4 is 0 Å². The maximum absolute atomic E-state index is 2.66. The fraction of sp³-hybridized carbons (Fsp3) is 0.926. The van der Waals surface area contributed by atoms with E-state index in [1.165, 1.54) is 135 Å². The van der Waals surface area contributed by atoms with Crippen LogP contribution in [0.4, 0.5) is 0 Å². The molecule has 1 unspecified atom stereocenters. The van der Waals surface area contributed by atoms with Crippen LogP contribution in [0.15, 0.2) is 12.4 Å². The number of nitrogens with zero attached hydrogens (tertiary/aromatic N) is 2. The fourth-order valence-electron chi connectivity index (χ4n) is 4.60. The lowest BCUT2D eigenvalue weighted by atomic mass is 10.1. The molecule has 0 saturated heterocycles. The van der Waals surface area contributed by atoms with Crippen LogP contribution >= 0.6 is 0 Å². The van der Waals surface area contributed by atoms with Crippen LogP contribution in [0.1, 0.15) is 143 Å². The highest BCUT2D eigenvalue weighted by Gasteiger charge is 2.24. The van der Waals surface area contributed by atoms with Crippen molar-refractivity contribution in [3.8, 4) is 0 Å². The molecular formula is C27H54N2. The highest BCUT2D eigenvalue weighted by atomic mass is 15.4. The minimum absolute atomic E-state index is 0.645. The van der Waals surface area contributed by atoms with E-state index in [1.807, 2.05) is 0 Å². The monoisotopic (exact) mass is 406 g/mol. The van der Waals surface area contributed by atoms with Crippen molar-refractivity contribution in [2.24, 2.45) is 0 Å². The Morgan fingerprint density at radius 1 is 0.448 bits per heavy atom. The van der Waals surface area contributed by atoms with Gasteiger partial charge in [-0.05, 0) is 25.7 Å². The van der Waals surface area contributed by atoms with Crippen molar-refractivity contribution in [3.63, 3.8) is 0 Å². The number of rotatable bonds is 21. The van der Waals surface area contributed by atoms with Crippen LogP contribution < -0.4 is 0 Å². The lowest BCUT2D eigenvalue weighted by Crippen LogP contribution is -2.39. The minimum atomic E-state index is 0.645. The molecule has 0 amide bonds. The van der Waals surface area contributed by atoms with E-state index in [-0.39, 0.29) is 0 Å². The number of hydrogen-bond acceptors (Lipinski definition) is 2. The van der Waals surface area contributed by atoms with Crippen LogP contribution in [-0.2, 0) is 0 Å². The SMILES string of the molecule is CCCCCCCCCCCC1N(CCCCC)C=CN1CCCCCCCC. The molecule has 0 aromatic heterocycles. The zero-order valence-electron chi connectivity index (χ0n) is 20.5. The van der Waals surface area contributed by atoms with Gasteiger partial charge >= 0.3 is 0 Å². The largest absolute Gasteiger partial charge is 0.356 e. The van der Waals surface area contributed by atoms with Crippen molar-refractivity contribution in [2.75, 3.05) is 13.1 Å². The molecular weight excluding hydrogens is 352 g/mol. The van der Waals surface area contributed by atoms with Gasteiger partial charge in [0.05, 0.1) is 0 Å². The summed E-state index contributed by atoms with van der Waals surface area (Å²) in [6.07, 6.45) is 32.1. The number of hydrogen-bond donors (Lipinski definition) is 0. The molecule has 1 aliphatic rings. The Morgan fingerprint density at radius 2 is 0.793 bits per heavy atom. The Hall–Kier alpha value is -0.660. The van der Waals surface area contributed by atoms with Gasteiger partial charge < -0.3 is 9.80 Å². The second kappa shape index (κ2) is 19.3. The smallest absolute Gasteiger partial charge is 0.101 e. The summed E-state index contributed by atoms with van der Waals surface area (Å²) in [4.78, 5) is 5.31. The van der Waals surface area contributed by atoms with E-state index in [4.69, 9.17) is 0 Å². The Kier molecular flexibility index (Phi) is 17.6. The van der Waals surface area contributed by atoms with Gasteiger partial charge in [0.2, 0.25) is 0 Å². The third-order valence-corrected chi connectivity index (χ3v) is 6.57. The average molecular weight is 407 g/mol. The lowest BCUT2D eigenvalue weighted by Gasteiger charge is -2.33. The molecule has 2 heteroatoms. The summed E-state index contributed by atoms with van der Waals surface area (Å²) in [6.45, 7) is 9.43. The fourth-order valence-corrected chi connectivity index (χ4v) is 4.60. The molecule has 0 aromatic rings. The van der Waals surface area contributed by atoms with E-state index >= 15 is 0 Å². The zero-order valence-corrected chi connectivity index (χ0v) is 20.5. The Bertz CT molecular complexity index is 366. The molecule has 0 fully saturated rings. The van der Waals surface area contributed by atoms with Crippen LogP contribution in [-0.4, -0.2) is 29.1 Å². The van der Waals surface area contributed by atoms with Gasteiger partial charge in [0.25, 0.3) is 0 Å². The summed E-state index contributed by atoms with van der Waals surface area (Å²) in [5.74, 6) is 0. The van der Waals surface area contributed by atoms with Gasteiger partial charge in [-0.2, -0.15) is 0 Å². The Labute approximate surface area is 184 Å². The highest BCUT2D eigenvalue weighted by Crippen LogP contribution is 2.23. The predicted octanol–water partition coefficient (Wildman–Crippen LogP) is 8.87. The minimum Gasteiger partial charge on any atom is -0.356 e. The second-order valence-corrected chi connectivity index (χ2v) is 9.35. The third-order valence-electron chi connectivity index (χ3n) is 6.57. The summed E-state index contributed by atoms with van der Waals surface area (Å²) in [5, 5.41) is 0. The van der Waals surface area contributed by atoms with Gasteiger partial charge in [-0.25, -0.2) is 0 Å². The zero-order chi connectivity index (χ0) is 21.0. The van der Waals surface area contributed by atoms with Crippen LogP contribution in [0.25, 0.3) is 0 Å². The molecule has 1 atom stereocenters. The molecule has 29 heavy (non-hydrogen) atoms. The quantitative estimate of drug-likeness (QED) is 0.176. The van der Waals surface area contributed by atoms with E-state index in [2.05, 4.69) is 43.0 Å². The Morgan fingerprint density at radius 3 is 1.28 bits per heavy atom. The van der Waals surface area contributed by atoms with E-state index in [0.29, 0.717) is 6.17 Å². The first-order valence-electron chi connectivity index (χ1n) is 13.5. The molecule has 0 aliphatic carbocycles. The third kappa shape index (κ3) is 13.3. The summed E-state index contributed by atoms with van der Waals surface area (Å²) in [7, 11) is 0. The maximum atomic E-state index is 2.66. The van der Waals surface area contributed by atoms with Gasteiger partial charge in [-0.15, -0.1) is 0 Å². The summed E-state index contributed by atoms with van der Waals surface area (Å²) >= 11 is 0. The predicted molar refractivity (Wildman–Crippen MR) is 131 cm³/mol. The first-order valence-corrected chi connectivity index (χ1v) is 13.5. The van der Waals surface area contributed by atoms with E-state index in [1.54, 1.807) is 0 Å². The topological polar surface area (TPSA) is 6.48 Å². The molecule has 172 valence electrons. The van der Waals surface area contributed by atoms with Crippen LogP contribution in [0.5, 0.6) is 0 Å². The summed E-state index contributed by atoms with van der Waals surface area (Å²) < 4.78 is 0. The maximum Gasteiger partial charge on any atom is 0.101 e. The van der Waals surface area contributed by atoms with Crippen LogP contribution in [0, 0.1) is 0 Å². The van der Waals surface area contributed by atoms with Crippen molar-refractivity contribution in [1.82, 2.24) is 9.80 Å². The van der Waals surface area contributed by atoms with Crippen molar-refractivity contribution in [1.29, 1.82) is 0 Å². The van der Waals surface area contributed by atoms with E-state index in [0.717, 1.165) is 0 Å². The van der Waals surface area contributed by atoms with Crippen LogP contribution in [0.3, 0.4) is 0 Å². The molecule has 0 saturated carbocycles. The normalized spacial score (nSPS) is 16.3. The van der Waals surface area contributed by atoms with Gasteiger partial charge in [-0.1, -0.05) is 117 Å². The molecule has 1 heterocycles. The molecule has 0 spiro atoms. The molecule has 1 rings (SSSR count). The highest BCUT2D eigenvalue weighted by molar-refractivity contribution is 4.96. The molecule has 0 radical (unpaired) electrons. The summed E-state index contributed by atoms with van der Waals surface area (Å²) in [5.41, 5.74) is 0. The molecule has 2 nitrogen and oxygen atoms in total. The molecule has 1 aliphatic heterocycles. The van der Waals surface area contributed by atoms with Gasteiger partial charge in [0.1, 0.15) is 6.17 Å². The molecule has 0 aromatic carbocycles. The standard InChI is InChI=1S/C27H54N2/c1-4-7-10-12-14-15-16-17-19-22-27-28(23-20-9-6-3)25-26-29(27)24-21-18-13-11-8-5-2/h25-27H,4-24H2,1-3H3. The van der Waals surface area contributed by atoms with Crippen molar-refractivity contribution in [2.45, 2.75) is 149 Å². The van der Waals surface area contributed by atoms with E-state index < -0.39 is 0 Å². The average Bonchev–Trinajstić information content (AvgIpc) is 3.11. The van der Waals surface area contributed by atoms with Gasteiger partial charge in [-0.3, -0.25) is 0 Å². The first-order chi connectivity index (χ1) is 14.3. The lowest BCUT2D eigenvalue weighted by molar-refractivity contribution is 0.135. The second-order valence-electron chi connectivity index (χ2n) is 9.35. The van der Waals surface area contributed by atoms with Crippen molar-refractivity contribution < 1.29 is 0 Å². The Balaban J connectivity index is 2.24. The van der Waals surface area contributed by atoms with E-state index in [9.17, 15) is 0 Å².